The number of pyridine rings is 1. The minimum atomic E-state index is 0.656. The summed E-state index contributed by atoms with van der Waals surface area (Å²) in [5.74, 6) is 0. The molecule has 0 aromatic carbocycles. The van der Waals surface area contributed by atoms with E-state index in [-0.39, 0.29) is 0 Å². The maximum absolute atomic E-state index is 5.47. The minimum Gasteiger partial charge on any atom is -0.330 e. The first kappa shape index (κ1) is 8.26. The van der Waals surface area contributed by atoms with Gasteiger partial charge in [0, 0.05) is 18.8 Å². The van der Waals surface area contributed by atoms with Gasteiger partial charge in [0.05, 0.1) is 5.69 Å². The van der Waals surface area contributed by atoms with Gasteiger partial charge in [-0.05, 0) is 25.1 Å². The number of aryl methyl sites for hydroxylation is 1. The SMILES string of the molecule is Cc1cccn2cc(CCN)nc12. The molecule has 0 bridgehead atoms. The van der Waals surface area contributed by atoms with E-state index in [0.29, 0.717) is 6.54 Å². The Balaban J connectivity index is 2.55. The van der Waals surface area contributed by atoms with Gasteiger partial charge in [0.15, 0.2) is 0 Å². The zero-order chi connectivity index (χ0) is 9.26. The van der Waals surface area contributed by atoms with Crippen LogP contribution in [0.5, 0.6) is 0 Å². The number of nitrogens with zero attached hydrogens (tertiary/aromatic N) is 2. The molecule has 0 spiro atoms. The van der Waals surface area contributed by atoms with Crippen LogP contribution < -0.4 is 5.73 Å². The molecule has 2 aromatic rings. The fourth-order valence-electron chi connectivity index (χ4n) is 1.47. The van der Waals surface area contributed by atoms with Crippen LogP contribution in [0.2, 0.25) is 0 Å². The van der Waals surface area contributed by atoms with Crippen LogP contribution in [-0.2, 0) is 6.42 Å². The zero-order valence-electron chi connectivity index (χ0n) is 7.70. The Morgan fingerprint density at radius 2 is 2.38 bits per heavy atom. The topological polar surface area (TPSA) is 43.3 Å². The standard InChI is InChI=1S/C10H13N3/c1-8-3-2-6-13-7-9(4-5-11)12-10(8)13/h2-3,6-7H,4-5,11H2,1H3. The summed E-state index contributed by atoms with van der Waals surface area (Å²) >= 11 is 0. The summed E-state index contributed by atoms with van der Waals surface area (Å²) in [5, 5.41) is 0. The van der Waals surface area contributed by atoms with Gasteiger partial charge in [-0.2, -0.15) is 0 Å². The van der Waals surface area contributed by atoms with Gasteiger partial charge in [0.1, 0.15) is 5.65 Å². The summed E-state index contributed by atoms with van der Waals surface area (Å²) < 4.78 is 2.04. The number of imidazole rings is 1. The van der Waals surface area contributed by atoms with Crippen LogP contribution >= 0.6 is 0 Å². The van der Waals surface area contributed by atoms with Crippen molar-refractivity contribution in [2.75, 3.05) is 6.54 Å². The zero-order valence-corrected chi connectivity index (χ0v) is 7.70. The fraction of sp³-hybridized carbons (Fsp3) is 0.300. The molecule has 2 aromatic heterocycles. The lowest BCUT2D eigenvalue weighted by Crippen LogP contribution is -2.02. The molecule has 0 radical (unpaired) electrons. The smallest absolute Gasteiger partial charge is 0.139 e. The molecule has 0 unspecified atom stereocenters. The Kier molecular flexibility index (Phi) is 2.02. The molecule has 3 heteroatoms. The molecule has 0 aliphatic rings. The first-order valence-electron chi connectivity index (χ1n) is 4.44. The average Bonchev–Trinajstić information content (AvgIpc) is 2.49. The van der Waals surface area contributed by atoms with Crippen molar-refractivity contribution >= 4 is 5.65 Å². The summed E-state index contributed by atoms with van der Waals surface area (Å²) in [7, 11) is 0. The van der Waals surface area contributed by atoms with Crippen LogP contribution in [0, 0.1) is 6.92 Å². The van der Waals surface area contributed by atoms with E-state index in [1.54, 1.807) is 0 Å². The maximum atomic E-state index is 5.47. The molecule has 2 rings (SSSR count). The molecule has 68 valence electrons. The molecule has 0 aliphatic carbocycles. The van der Waals surface area contributed by atoms with Crippen LogP contribution in [0.25, 0.3) is 5.65 Å². The van der Waals surface area contributed by atoms with Gasteiger partial charge in [-0.3, -0.25) is 0 Å². The molecule has 3 nitrogen and oxygen atoms in total. The average molecular weight is 175 g/mol. The Labute approximate surface area is 77.2 Å². The van der Waals surface area contributed by atoms with Crippen molar-refractivity contribution in [1.82, 2.24) is 9.38 Å². The van der Waals surface area contributed by atoms with Crippen LogP contribution in [-0.4, -0.2) is 15.9 Å². The van der Waals surface area contributed by atoms with E-state index in [0.717, 1.165) is 17.8 Å². The second-order valence-electron chi connectivity index (χ2n) is 3.19. The summed E-state index contributed by atoms with van der Waals surface area (Å²) in [6, 6.07) is 4.09. The van der Waals surface area contributed by atoms with Crippen molar-refractivity contribution in [3.63, 3.8) is 0 Å². The first-order valence-corrected chi connectivity index (χ1v) is 4.44. The summed E-state index contributed by atoms with van der Waals surface area (Å²) in [6.45, 7) is 2.72. The third-order valence-corrected chi connectivity index (χ3v) is 2.13. The van der Waals surface area contributed by atoms with Gasteiger partial charge in [-0.15, -0.1) is 0 Å². The predicted octanol–water partition coefficient (Wildman–Crippen LogP) is 1.14. The molecule has 0 saturated carbocycles. The van der Waals surface area contributed by atoms with Gasteiger partial charge >= 0.3 is 0 Å². The Morgan fingerprint density at radius 3 is 3.08 bits per heavy atom. The summed E-state index contributed by atoms with van der Waals surface area (Å²) in [6.07, 6.45) is 4.89. The van der Waals surface area contributed by atoms with E-state index in [9.17, 15) is 0 Å². The van der Waals surface area contributed by atoms with E-state index in [2.05, 4.69) is 18.0 Å². The van der Waals surface area contributed by atoms with Crippen LogP contribution in [0.1, 0.15) is 11.3 Å². The number of aromatic nitrogens is 2. The molecule has 0 atom stereocenters. The van der Waals surface area contributed by atoms with Crippen molar-refractivity contribution in [2.24, 2.45) is 5.73 Å². The van der Waals surface area contributed by atoms with E-state index in [1.807, 2.05) is 22.9 Å². The quantitative estimate of drug-likeness (QED) is 0.744. The van der Waals surface area contributed by atoms with Crippen LogP contribution in [0.4, 0.5) is 0 Å². The highest BCUT2D eigenvalue weighted by Crippen LogP contribution is 2.09. The molecule has 13 heavy (non-hydrogen) atoms. The van der Waals surface area contributed by atoms with E-state index in [4.69, 9.17) is 5.73 Å². The molecule has 2 heterocycles. The normalized spacial score (nSPS) is 10.9. The summed E-state index contributed by atoms with van der Waals surface area (Å²) in [4.78, 5) is 4.48. The van der Waals surface area contributed by atoms with E-state index in [1.165, 1.54) is 5.56 Å². The first-order chi connectivity index (χ1) is 6.31. The van der Waals surface area contributed by atoms with Gasteiger partial charge in [-0.25, -0.2) is 4.98 Å². The predicted molar refractivity (Wildman–Crippen MR) is 52.7 cm³/mol. The highest BCUT2D eigenvalue weighted by Gasteiger charge is 2.01. The van der Waals surface area contributed by atoms with Gasteiger partial charge in [0.2, 0.25) is 0 Å². The second kappa shape index (κ2) is 3.18. The van der Waals surface area contributed by atoms with Crippen molar-refractivity contribution in [3.8, 4) is 0 Å². The Morgan fingerprint density at radius 1 is 1.54 bits per heavy atom. The molecule has 0 saturated heterocycles. The van der Waals surface area contributed by atoms with E-state index < -0.39 is 0 Å². The largest absolute Gasteiger partial charge is 0.330 e. The molecular weight excluding hydrogens is 162 g/mol. The van der Waals surface area contributed by atoms with E-state index >= 15 is 0 Å². The molecule has 2 N–H and O–H groups in total. The summed E-state index contributed by atoms with van der Waals surface area (Å²) in [5.41, 5.74) is 8.77. The lowest BCUT2D eigenvalue weighted by Gasteiger charge is -1.93. The highest BCUT2D eigenvalue weighted by molar-refractivity contribution is 5.47. The van der Waals surface area contributed by atoms with Crippen molar-refractivity contribution in [3.05, 3.63) is 35.8 Å². The number of hydrogen-bond acceptors (Lipinski definition) is 2. The minimum absolute atomic E-state index is 0.656. The molecular formula is C10H13N3. The van der Waals surface area contributed by atoms with Gasteiger partial charge in [-0.1, -0.05) is 6.07 Å². The Bertz CT molecular complexity index is 417. The third kappa shape index (κ3) is 1.42. The van der Waals surface area contributed by atoms with Crippen LogP contribution in [0.3, 0.4) is 0 Å². The third-order valence-electron chi connectivity index (χ3n) is 2.13. The fourth-order valence-corrected chi connectivity index (χ4v) is 1.47. The van der Waals surface area contributed by atoms with Crippen molar-refractivity contribution in [1.29, 1.82) is 0 Å². The monoisotopic (exact) mass is 175 g/mol. The molecule has 0 amide bonds. The molecule has 0 aliphatic heterocycles. The lowest BCUT2D eigenvalue weighted by atomic mass is 10.3. The maximum Gasteiger partial charge on any atom is 0.139 e. The highest BCUT2D eigenvalue weighted by atomic mass is 15.0. The lowest BCUT2D eigenvalue weighted by molar-refractivity contribution is 0.937. The number of rotatable bonds is 2. The number of nitrogens with two attached hydrogens (primary N) is 1. The molecule has 0 fully saturated rings. The number of fused-ring (bicyclic) bond motifs is 1. The van der Waals surface area contributed by atoms with Crippen molar-refractivity contribution < 1.29 is 0 Å². The number of hydrogen-bond donors (Lipinski definition) is 1. The van der Waals surface area contributed by atoms with Gasteiger partial charge < -0.3 is 10.1 Å². The Hall–Kier alpha value is -1.35. The second-order valence-corrected chi connectivity index (χ2v) is 3.19. The van der Waals surface area contributed by atoms with Crippen molar-refractivity contribution in [2.45, 2.75) is 13.3 Å². The van der Waals surface area contributed by atoms with Crippen LogP contribution in [0.15, 0.2) is 24.5 Å². The van der Waals surface area contributed by atoms with Gasteiger partial charge in [0.25, 0.3) is 0 Å².